The van der Waals surface area contributed by atoms with Crippen molar-refractivity contribution in [1.29, 1.82) is 0 Å². The summed E-state index contributed by atoms with van der Waals surface area (Å²) < 4.78 is 0. The number of aliphatic hydroxyl groups excluding tert-OH is 1. The van der Waals surface area contributed by atoms with Gasteiger partial charge in [0.2, 0.25) is 0 Å². The van der Waals surface area contributed by atoms with E-state index in [-0.39, 0.29) is 6.10 Å². The molecule has 0 aromatic heterocycles. The minimum atomic E-state index is -0.0764. The van der Waals surface area contributed by atoms with Crippen LogP contribution in [0.25, 0.3) is 0 Å². The Bertz CT molecular complexity index is 243. The molecule has 100 valence electrons. The van der Waals surface area contributed by atoms with E-state index in [1.165, 1.54) is 38.5 Å². The van der Waals surface area contributed by atoms with Gasteiger partial charge in [0.05, 0.1) is 6.10 Å². The predicted molar refractivity (Wildman–Crippen MR) is 76.4 cm³/mol. The summed E-state index contributed by atoms with van der Waals surface area (Å²) >= 11 is 4.69. The molecule has 2 heteroatoms. The maximum absolute atomic E-state index is 10.1. The topological polar surface area (TPSA) is 20.2 Å². The standard InChI is InChI=1S/C15H28OS/c1-3-14(16)12-6-7-13-11(9-15(13)17)5-4-10(2)8-12/h10-17H,3-9H2,1-2H3. The Hall–Kier alpha value is 0.310. The van der Waals surface area contributed by atoms with Gasteiger partial charge < -0.3 is 5.11 Å². The number of fused-ring (bicyclic) bond motifs is 1. The third-order valence-corrected chi connectivity index (χ3v) is 5.81. The van der Waals surface area contributed by atoms with Gasteiger partial charge in [0.15, 0.2) is 0 Å². The number of hydrogen-bond donors (Lipinski definition) is 2. The monoisotopic (exact) mass is 256 g/mol. The summed E-state index contributed by atoms with van der Waals surface area (Å²) in [5.74, 6) is 3.11. The lowest BCUT2D eigenvalue weighted by Crippen LogP contribution is -2.38. The van der Waals surface area contributed by atoms with E-state index in [0.717, 1.165) is 24.2 Å². The van der Waals surface area contributed by atoms with Crippen LogP contribution in [0.3, 0.4) is 0 Å². The van der Waals surface area contributed by atoms with Crippen LogP contribution < -0.4 is 0 Å². The molecule has 17 heavy (non-hydrogen) atoms. The Morgan fingerprint density at radius 2 is 1.94 bits per heavy atom. The van der Waals surface area contributed by atoms with E-state index >= 15 is 0 Å². The summed E-state index contributed by atoms with van der Waals surface area (Å²) in [6, 6.07) is 0. The second-order valence-corrected chi connectivity index (χ2v) is 7.12. The minimum absolute atomic E-state index is 0.0764. The molecule has 1 nitrogen and oxygen atoms in total. The van der Waals surface area contributed by atoms with Crippen molar-refractivity contribution in [2.75, 3.05) is 0 Å². The number of thiol groups is 1. The molecule has 2 aliphatic rings. The molecule has 2 aliphatic carbocycles. The average Bonchev–Trinajstić information content (AvgIpc) is 2.36. The van der Waals surface area contributed by atoms with Gasteiger partial charge in [-0.25, -0.2) is 0 Å². The predicted octanol–water partition coefficient (Wildman–Crippen LogP) is 3.91. The quantitative estimate of drug-likeness (QED) is 0.718. The van der Waals surface area contributed by atoms with E-state index in [1.54, 1.807) is 0 Å². The molecule has 0 aromatic carbocycles. The van der Waals surface area contributed by atoms with Crippen LogP contribution in [-0.2, 0) is 0 Å². The fourth-order valence-electron chi connectivity index (χ4n) is 3.88. The zero-order valence-corrected chi connectivity index (χ0v) is 12.2. The van der Waals surface area contributed by atoms with Gasteiger partial charge in [0, 0.05) is 5.25 Å². The molecular formula is C15H28OS. The van der Waals surface area contributed by atoms with Gasteiger partial charge in [-0.2, -0.15) is 12.6 Å². The molecule has 0 aliphatic heterocycles. The molecule has 0 heterocycles. The van der Waals surface area contributed by atoms with Gasteiger partial charge in [0.25, 0.3) is 0 Å². The zero-order chi connectivity index (χ0) is 12.4. The van der Waals surface area contributed by atoms with Crippen LogP contribution in [0.15, 0.2) is 0 Å². The van der Waals surface area contributed by atoms with Crippen LogP contribution >= 0.6 is 12.6 Å². The first-order valence-electron chi connectivity index (χ1n) is 7.48. The number of rotatable bonds is 2. The molecule has 2 rings (SSSR count). The van der Waals surface area contributed by atoms with Crippen LogP contribution in [0.1, 0.15) is 58.8 Å². The summed E-state index contributed by atoms with van der Waals surface area (Å²) in [7, 11) is 0. The summed E-state index contributed by atoms with van der Waals surface area (Å²) in [4.78, 5) is 0. The first-order chi connectivity index (χ1) is 8.11. The Balaban J connectivity index is 1.96. The normalized spacial score (nSPS) is 44.8. The number of aliphatic hydroxyl groups is 1. The van der Waals surface area contributed by atoms with Crippen molar-refractivity contribution in [1.82, 2.24) is 0 Å². The number of hydrogen-bond acceptors (Lipinski definition) is 2. The molecular weight excluding hydrogens is 228 g/mol. The van der Waals surface area contributed by atoms with Crippen molar-refractivity contribution in [3.8, 4) is 0 Å². The van der Waals surface area contributed by atoms with E-state index in [0.29, 0.717) is 11.2 Å². The Labute approximate surface area is 112 Å². The molecule has 0 saturated heterocycles. The fourth-order valence-corrected chi connectivity index (χ4v) is 4.54. The molecule has 0 aromatic rings. The van der Waals surface area contributed by atoms with E-state index in [2.05, 4.69) is 26.5 Å². The average molecular weight is 256 g/mol. The van der Waals surface area contributed by atoms with Gasteiger partial charge >= 0.3 is 0 Å². The van der Waals surface area contributed by atoms with Crippen LogP contribution in [0, 0.1) is 23.7 Å². The van der Waals surface area contributed by atoms with Gasteiger partial charge in [-0.3, -0.25) is 0 Å². The van der Waals surface area contributed by atoms with Crippen molar-refractivity contribution in [3.63, 3.8) is 0 Å². The fraction of sp³-hybridized carbons (Fsp3) is 1.00. The van der Waals surface area contributed by atoms with Gasteiger partial charge in [-0.1, -0.05) is 20.3 Å². The van der Waals surface area contributed by atoms with Crippen LogP contribution in [0.4, 0.5) is 0 Å². The molecule has 0 bridgehead atoms. The van der Waals surface area contributed by atoms with Crippen molar-refractivity contribution < 1.29 is 5.11 Å². The van der Waals surface area contributed by atoms with Gasteiger partial charge in [0.1, 0.15) is 0 Å². The highest BCUT2D eigenvalue weighted by molar-refractivity contribution is 7.81. The lowest BCUT2D eigenvalue weighted by Gasteiger charge is -2.43. The van der Waals surface area contributed by atoms with E-state index in [1.807, 2.05) is 0 Å². The van der Waals surface area contributed by atoms with E-state index < -0.39 is 0 Å². The Morgan fingerprint density at radius 3 is 2.59 bits per heavy atom. The first kappa shape index (κ1) is 13.7. The molecule has 2 saturated carbocycles. The molecule has 6 unspecified atom stereocenters. The van der Waals surface area contributed by atoms with Crippen LogP contribution in [0.5, 0.6) is 0 Å². The molecule has 0 radical (unpaired) electrons. The van der Waals surface area contributed by atoms with Crippen LogP contribution in [0.2, 0.25) is 0 Å². The van der Waals surface area contributed by atoms with E-state index in [9.17, 15) is 5.11 Å². The highest BCUT2D eigenvalue weighted by Gasteiger charge is 2.39. The van der Waals surface area contributed by atoms with Crippen molar-refractivity contribution in [3.05, 3.63) is 0 Å². The summed E-state index contributed by atoms with van der Waals surface area (Å²) in [5, 5.41) is 10.8. The lowest BCUT2D eigenvalue weighted by molar-refractivity contribution is 0.0780. The lowest BCUT2D eigenvalue weighted by atomic mass is 9.68. The third kappa shape index (κ3) is 3.20. The maximum Gasteiger partial charge on any atom is 0.0565 e. The molecule has 0 amide bonds. The molecule has 1 N–H and O–H groups in total. The Morgan fingerprint density at radius 1 is 1.18 bits per heavy atom. The summed E-state index contributed by atoms with van der Waals surface area (Å²) in [6.45, 7) is 4.47. The minimum Gasteiger partial charge on any atom is -0.393 e. The third-order valence-electron chi connectivity index (χ3n) is 5.21. The van der Waals surface area contributed by atoms with Crippen LogP contribution in [-0.4, -0.2) is 16.5 Å². The Kier molecular flexibility index (Phi) is 4.82. The summed E-state index contributed by atoms with van der Waals surface area (Å²) in [5.41, 5.74) is 0. The SMILES string of the molecule is CCC(O)C1CCC2C(S)CC2CCC(C)C1. The van der Waals surface area contributed by atoms with Gasteiger partial charge in [-0.15, -0.1) is 0 Å². The molecule has 0 spiro atoms. The second kappa shape index (κ2) is 5.97. The van der Waals surface area contributed by atoms with E-state index in [4.69, 9.17) is 0 Å². The van der Waals surface area contributed by atoms with Crippen molar-refractivity contribution >= 4 is 12.6 Å². The smallest absolute Gasteiger partial charge is 0.0565 e. The zero-order valence-electron chi connectivity index (χ0n) is 11.3. The van der Waals surface area contributed by atoms with Crippen molar-refractivity contribution in [2.24, 2.45) is 23.7 Å². The first-order valence-corrected chi connectivity index (χ1v) is 7.99. The molecule has 2 fully saturated rings. The molecule has 6 atom stereocenters. The summed E-state index contributed by atoms with van der Waals surface area (Å²) in [6.07, 6.45) is 8.67. The second-order valence-electron chi connectivity index (χ2n) is 6.46. The maximum atomic E-state index is 10.1. The largest absolute Gasteiger partial charge is 0.393 e. The van der Waals surface area contributed by atoms with Gasteiger partial charge in [-0.05, 0) is 62.2 Å². The highest BCUT2D eigenvalue weighted by Crippen LogP contribution is 2.47. The van der Waals surface area contributed by atoms with Crippen molar-refractivity contribution in [2.45, 2.75) is 70.1 Å². The highest BCUT2D eigenvalue weighted by atomic mass is 32.1.